The van der Waals surface area contributed by atoms with Crippen molar-refractivity contribution in [3.05, 3.63) is 60.3 Å². The second-order valence-electron chi connectivity index (χ2n) is 4.80. The minimum Gasteiger partial charge on any atom is -0.369 e. The van der Waals surface area contributed by atoms with Crippen LogP contribution in [0.3, 0.4) is 0 Å². The van der Waals surface area contributed by atoms with Crippen molar-refractivity contribution in [1.29, 1.82) is 0 Å². The number of hydrogen-bond donors (Lipinski definition) is 1. The average Bonchev–Trinajstić information content (AvgIpc) is 2.82. The van der Waals surface area contributed by atoms with E-state index in [1.54, 1.807) is 0 Å². The van der Waals surface area contributed by atoms with E-state index in [1.165, 1.54) is 28.1 Å². The van der Waals surface area contributed by atoms with Crippen LogP contribution in [0.5, 0.6) is 0 Å². The smallest absolute Gasteiger partial charge is 0.101 e. The van der Waals surface area contributed by atoms with Crippen LogP contribution in [0.15, 0.2) is 54.7 Å². The first-order chi connectivity index (χ1) is 8.86. The fourth-order valence-electron chi connectivity index (χ4n) is 2.95. The van der Waals surface area contributed by atoms with Crippen LogP contribution in [0.4, 0.5) is 5.69 Å². The maximum atomic E-state index is 3.41. The molecule has 4 rings (SSSR count). The van der Waals surface area contributed by atoms with Gasteiger partial charge in [0.05, 0.1) is 11.4 Å². The molecule has 18 heavy (non-hydrogen) atoms. The molecule has 0 fully saturated rings. The first-order valence-corrected chi connectivity index (χ1v) is 6.30. The number of hydrogen-bond acceptors (Lipinski definition) is 2. The summed E-state index contributed by atoms with van der Waals surface area (Å²) in [5, 5.41) is 3.41. The van der Waals surface area contributed by atoms with E-state index in [1.807, 2.05) is 0 Å². The molecule has 0 spiro atoms. The van der Waals surface area contributed by atoms with Crippen LogP contribution in [0.2, 0.25) is 0 Å². The molecule has 0 radical (unpaired) electrons. The molecule has 1 N–H and O–H groups in total. The molecule has 2 heterocycles. The zero-order chi connectivity index (χ0) is 12.1. The van der Waals surface area contributed by atoms with Gasteiger partial charge in [-0.15, -0.1) is 0 Å². The summed E-state index contributed by atoms with van der Waals surface area (Å²) in [6.45, 7) is 2.19. The molecule has 2 heteroatoms. The highest BCUT2D eigenvalue weighted by Gasteiger charge is 2.32. The molecule has 2 nitrogen and oxygen atoms in total. The highest BCUT2D eigenvalue weighted by atomic mass is 15.3. The van der Waals surface area contributed by atoms with Gasteiger partial charge in [0.25, 0.3) is 0 Å². The summed E-state index contributed by atoms with van der Waals surface area (Å²) >= 11 is 0. The molecule has 88 valence electrons. The zero-order valence-corrected chi connectivity index (χ0v) is 10.2. The summed E-state index contributed by atoms with van der Waals surface area (Å²) < 4.78 is 0. The van der Waals surface area contributed by atoms with E-state index >= 15 is 0 Å². The second-order valence-corrected chi connectivity index (χ2v) is 4.80. The Morgan fingerprint density at radius 1 is 0.889 bits per heavy atom. The van der Waals surface area contributed by atoms with Crippen LogP contribution in [-0.2, 0) is 0 Å². The van der Waals surface area contributed by atoms with E-state index in [0.29, 0.717) is 6.17 Å². The summed E-state index contributed by atoms with van der Waals surface area (Å²) in [7, 11) is 0. The highest BCUT2D eigenvalue weighted by Crippen LogP contribution is 2.45. The van der Waals surface area contributed by atoms with Crippen LogP contribution in [0.25, 0.3) is 16.8 Å². The predicted molar refractivity (Wildman–Crippen MR) is 74.9 cm³/mol. The van der Waals surface area contributed by atoms with Gasteiger partial charge in [-0.3, -0.25) is 0 Å². The average molecular weight is 234 g/mol. The molecule has 1 atom stereocenters. The number of nitrogens with one attached hydrogen (secondary N) is 1. The lowest BCUT2D eigenvalue weighted by Crippen LogP contribution is -2.35. The van der Waals surface area contributed by atoms with E-state index in [4.69, 9.17) is 0 Å². The van der Waals surface area contributed by atoms with E-state index in [9.17, 15) is 0 Å². The Balaban J connectivity index is 2.08. The molecule has 0 bridgehead atoms. The second kappa shape index (κ2) is 3.39. The van der Waals surface area contributed by atoms with Crippen molar-refractivity contribution in [1.82, 2.24) is 5.32 Å². The van der Waals surface area contributed by atoms with Crippen LogP contribution in [0, 0.1) is 0 Å². The van der Waals surface area contributed by atoms with Crippen molar-refractivity contribution >= 4 is 11.4 Å². The molecule has 2 aromatic carbocycles. The summed E-state index contributed by atoms with van der Waals surface area (Å²) in [5.74, 6) is 0. The van der Waals surface area contributed by atoms with Gasteiger partial charge in [-0.1, -0.05) is 42.5 Å². The van der Waals surface area contributed by atoms with Gasteiger partial charge in [0, 0.05) is 17.3 Å². The molecule has 0 aromatic heterocycles. The maximum Gasteiger partial charge on any atom is 0.101 e. The summed E-state index contributed by atoms with van der Waals surface area (Å²) in [6.07, 6.45) is 2.44. The van der Waals surface area contributed by atoms with Crippen LogP contribution in [-0.4, -0.2) is 6.17 Å². The molecule has 0 saturated heterocycles. The van der Waals surface area contributed by atoms with Gasteiger partial charge in [0.1, 0.15) is 6.17 Å². The number of fused-ring (bicyclic) bond motifs is 6. The first-order valence-electron chi connectivity index (χ1n) is 6.30. The quantitative estimate of drug-likeness (QED) is 0.751. The number of benzene rings is 2. The molecule has 2 aliphatic heterocycles. The van der Waals surface area contributed by atoms with Crippen LogP contribution >= 0.6 is 0 Å². The van der Waals surface area contributed by atoms with Crippen LogP contribution in [0.1, 0.15) is 12.5 Å². The minimum absolute atomic E-state index is 0.314. The van der Waals surface area contributed by atoms with Gasteiger partial charge in [0.15, 0.2) is 0 Å². The summed E-state index contributed by atoms with van der Waals surface area (Å²) in [5.41, 5.74) is 6.53. The molecule has 0 saturated carbocycles. The normalized spacial score (nSPS) is 19.5. The van der Waals surface area contributed by atoms with Gasteiger partial charge in [-0.05, 0) is 18.6 Å². The first kappa shape index (κ1) is 9.77. The fraction of sp³-hybridized carbons (Fsp3) is 0.125. The number of anilines is 1. The SMILES string of the molecule is C[C@H]1NC=C2c3ccccc3-c3ccccc3N21. The van der Waals surface area contributed by atoms with Crippen molar-refractivity contribution in [2.75, 3.05) is 4.90 Å². The zero-order valence-electron chi connectivity index (χ0n) is 10.2. The van der Waals surface area contributed by atoms with E-state index in [0.717, 1.165) is 0 Å². The topological polar surface area (TPSA) is 15.3 Å². The Labute approximate surface area is 107 Å². The highest BCUT2D eigenvalue weighted by molar-refractivity contribution is 5.99. The molecule has 2 aromatic rings. The third-order valence-electron chi connectivity index (χ3n) is 3.76. The van der Waals surface area contributed by atoms with Gasteiger partial charge in [-0.25, -0.2) is 0 Å². The van der Waals surface area contributed by atoms with Gasteiger partial charge >= 0.3 is 0 Å². The van der Waals surface area contributed by atoms with E-state index in [-0.39, 0.29) is 0 Å². The summed E-state index contributed by atoms with van der Waals surface area (Å²) in [6, 6.07) is 17.2. The van der Waals surface area contributed by atoms with Gasteiger partial charge in [-0.2, -0.15) is 0 Å². The Hall–Kier alpha value is -2.22. The van der Waals surface area contributed by atoms with Crippen LogP contribution < -0.4 is 10.2 Å². The molecule has 0 unspecified atom stereocenters. The van der Waals surface area contributed by atoms with Gasteiger partial charge < -0.3 is 10.2 Å². The third kappa shape index (κ3) is 1.12. The Bertz CT molecular complexity index is 658. The van der Waals surface area contributed by atoms with Gasteiger partial charge in [0.2, 0.25) is 0 Å². The van der Waals surface area contributed by atoms with Crippen molar-refractivity contribution in [2.24, 2.45) is 0 Å². The lowest BCUT2D eigenvalue weighted by Gasteiger charge is -2.34. The Morgan fingerprint density at radius 3 is 2.39 bits per heavy atom. The summed E-state index contributed by atoms with van der Waals surface area (Å²) in [4.78, 5) is 2.37. The largest absolute Gasteiger partial charge is 0.369 e. The monoisotopic (exact) mass is 234 g/mol. The predicted octanol–water partition coefficient (Wildman–Crippen LogP) is 3.42. The number of nitrogens with zero attached hydrogens (tertiary/aromatic N) is 1. The Kier molecular flexibility index (Phi) is 1.84. The number of para-hydroxylation sites is 1. The third-order valence-corrected chi connectivity index (χ3v) is 3.76. The van der Waals surface area contributed by atoms with Crippen molar-refractivity contribution in [3.8, 4) is 11.1 Å². The molecule has 0 amide bonds. The van der Waals surface area contributed by atoms with Crippen molar-refractivity contribution < 1.29 is 0 Å². The minimum atomic E-state index is 0.314. The number of rotatable bonds is 0. The molecular formula is C16H14N2. The lowest BCUT2D eigenvalue weighted by molar-refractivity contribution is 0.687. The molecule has 0 aliphatic carbocycles. The molecular weight excluding hydrogens is 220 g/mol. The van der Waals surface area contributed by atoms with Crippen molar-refractivity contribution in [2.45, 2.75) is 13.1 Å². The fourth-order valence-corrected chi connectivity index (χ4v) is 2.95. The molecule has 2 aliphatic rings. The van der Waals surface area contributed by atoms with E-state index < -0.39 is 0 Å². The van der Waals surface area contributed by atoms with E-state index in [2.05, 4.69) is 71.9 Å². The Morgan fingerprint density at radius 2 is 1.56 bits per heavy atom. The van der Waals surface area contributed by atoms with Crippen molar-refractivity contribution in [3.63, 3.8) is 0 Å². The lowest BCUT2D eigenvalue weighted by atomic mass is 9.91. The standard InChI is InChI=1S/C16H14N2/c1-11-17-10-16-14-8-3-2-6-12(14)13-7-4-5-9-15(13)18(11)16/h2-11,17H,1H3/t11-/m0/s1. The maximum absolute atomic E-state index is 3.41.